The van der Waals surface area contributed by atoms with Crippen LogP contribution in [0, 0.1) is 5.41 Å². The van der Waals surface area contributed by atoms with Gasteiger partial charge in [0.15, 0.2) is 0 Å². The van der Waals surface area contributed by atoms with Crippen LogP contribution in [0.4, 0.5) is 0 Å². The van der Waals surface area contributed by atoms with Crippen molar-refractivity contribution in [1.29, 1.82) is 5.41 Å². The maximum Gasteiger partial charge on any atom is 0.141 e. The van der Waals surface area contributed by atoms with E-state index in [0.29, 0.717) is 5.56 Å². The fraction of sp³-hybridized carbons (Fsp3) is 0.222. The molecule has 3 rings (SSSR count). The van der Waals surface area contributed by atoms with E-state index >= 15 is 0 Å². The molecule has 1 aromatic heterocycles. The molecule has 112 valence electrons. The highest BCUT2D eigenvalue weighted by Crippen LogP contribution is 2.26. The normalized spacial score (nSPS) is 11.0. The molecule has 0 fully saturated rings. The molecule has 4 nitrogen and oxygen atoms in total. The lowest BCUT2D eigenvalue weighted by Gasteiger charge is -2.08. The zero-order chi connectivity index (χ0) is 15.5. The molecule has 3 aromatic rings. The van der Waals surface area contributed by atoms with E-state index in [0.717, 1.165) is 41.8 Å². The van der Waals surface area contributed by atoms with E-state index < -0.39 is 0 Å². The lowest BCUT2D eigenvalue weighted by Crippen LogP contribution is -2.10. The quantitative estimate of drug-likeness (QED) is 0.555. The number of amidine groups is 1. The summed E-state index contributed by atoms with van der Waals surface area (Å²) < 4.78 is 2.26. The molecule has 22 heavy (non-hydrogen) atoms. The highest BCUT2D eigenvalue weighted by atomic mass is 15.1. The van der Waals surface area contributed by atoms with Crippen LogP contribution in [-0.4, -0.2) is 15.4 Å². The van der Waals surface area contributed by atoms with Gasteiger partial charge in [0, 0.05) is 17.7 Å². The first-order valence-electron chi connectivity index (χ1n) is 7.61. The summed E-state index contributed by atoms with van der Waals surface area (Å²) in [5.74, 6) is 1.05. The number of nitrogens with two attached hydrogens (primary N) is 1. The Bertz CT molecular complexity index is 803. The third-order valence-electron chi connectivity index (χ3n) is 3.83. The van der Waals surface area contributed by atoms with Gasteiger partial charge in [0.2, 0.25) is 0 Å². The molecule has 1 heterocycles. The Balaban J connectivity index is 2.18. The van der Waals surface area contributed by atoms with Crippen LogP contribution < -0.4 is 5.73 Å². The second-order valence-corrected chi connectivity index (χ2v) is 5.42. The summed E-state index contributed by atoms with van der Waals surface area (Å²) in [6.07, 6.45) is 2.25. The van der Waals surface area contributed by atoms with E-state index in [1.807, 2.05) is 36.4 Å². The summed E-state index contributed by atoms with van der Waals surface area (Å²) >= 11 is 0. The van der Waals surface area contributed by atoms with E-state index in [1.54, 1.807) is 0 Å². The minimum absolute atomic E-state index is 0.0752. The summed E-state index contributed by atoms with van der Waals surface area (Å²) in [4.78, 5) is 4.79. The SMILES string of the molecule is CCCCn1c(-c2ccccc2)nc2cc(C(=N)N)ccc21. The highest BCUT2D eigenvalue weighted by Gasteiger charge is 2.13. The molecule has 0 aliphatic rings. The molecule has 0 unspecified atom stereocenters. The molecule has 0 bridgehead atoms. The Morgan fingerprint density at radius 2 is 1.95 bits per heavy atom. The van der Waals surface area contributed by atoms with Crippen molar-refractivity contribution in [2.45, 2.75) is 26.3 Å². The van der Waals surface area contributed by atoms with E-state index in [1.165, 1.54) is 0 Å². The van der Waals surface area contributed by atoms with Crippen LogP contribution in [0.15, 0.2) is 48.5 Å². The number of imidazole rings is 1. The number of aryl methyl sites for hydroxylation is 1. The molecular weight excluding hydrogens is 272 g/mol. The fourth-order valence-corrected chi connectivity index (χ4v) is 2.65. The predicted molar refractivity (Wildman–Crippen MR) is 91.1 cm³/mol. The number of benzene rings is 2. The van der Waals surface area contributed by atoms with Crippen molar-refractivity contribution in [3.63, 3.8) is 0 Å². The van der Waals surface area contributed by atoms with Crippen LogP contribution in [0.2, 0.25) is 0 Å². The topological polar surface area (TPSA) is 67.7 Å². The number of rotatable bonds is 5. The van der Waals surface area contributed by atoms with E-state index in [4.69, 9.17) is 16.1 Å². The van der Waals surface area contributed by atoms with Gasteiger partial charge in [-0.3, -0.25) is 5.41 Å². The third kappa shape index (κ3) is 2.60. The van der Waals surface area contributed by atoms with E-state index in [9.17, 15) is 0 Å². The van der Waals surface area contributed by atoms with Crippen LogP contribution in [0.25, 0.3) is 22.4 Å². The van der Waals surface area contributed by atoms with Gasteiger partial charge >= 0.3 is 0 Å². The van der Waals surface area contributed by atoms with Crippen molar-refractivity contribution in [3.8, 4) is 11.4 Å². The van der Waals surface area contributed by atoms with Gasteiger partial charge in [-0.1, -0.05) is 43.7 Å². The first-order chi connectivity index (χ1) is 10.7. The Morgan fingerprint density at radius 1 is 1.18 bits per heavy atom. The maximum atomic E-state index is 7.59. The molecular formula is C18H20N4. The molecule has 0 saturated heterocycles. The van der Waals surface area contributed by atoms with Crippen LogP contribution >= 0.6 is 0 Å². The zero-order valence-electron chi connectivity index (χ0n) is 12.7. The Labute approximate surface area is 130 Å². The Hall–Kier alpha value is -2.62. The van der Waals surface area contributed by atoms with Gasteiger partial charge in [-0.15, -0.1) is 0 Å². The molecule has 0 aliphatic heterocycles. The van der Waals surface area contributed by atoms with Gasteiger partial charge in [0.1, 0.15) is 11.7 Å². The first kappa shape index (κ1) is 14.3. The van der Waals surface area contributed by atoms with Crippen molar-refractivity contribution >= 4 is 16.9 Å². The minimum atomic E-state index is 0.0752. The number of fused-ring (bicyclic) bond motifs is 1. The highest BCUT2D eigenvalue weighted by molar-refractivity contribution is 5.98. The van der Waals surface area contributed by atoms with Crippen LogP contribution in [-0.2, 0) is 6.54 Å². The second-order valence-electron chi connectivity index (χ2n) is 5.42. The molecule has 0 atom stereocenters. The van der Waals surface area contributed by atoms with Crippen molar-refractivity contribution in [2.75, 3.05) is 0 Å². The number of hydrogen-bond acceptors (Lipinski definition) is 2. The molecule has 3 N–H and O–H groups in total. The minimum Gasteiger partial charge on any atom is -0.384 e. The van der Waals surface area contributed by atoms with Gasteiger partial charge in [0.25, 0.3) is 0 Å². The summed E-state index contributed by atoms with van der Waals surface area (Å²) in [5, 5.41) is 7.59. The van der Waals surface area contributed by atoms with Crippen LogP contribution in [0.3, 0.4) is 0 Å². The summed E-state index contributed by atoms with van der Waals surface area (Å²) in [6, 6.07) is 16.0. The molecule has 0 radical (unpaired) electrons. The maximum absolute atomic E-state index is 7.59. The van der Waals surface area contributed by atoms with Gasteiger partial charge in [-0.05, 0) is 24.6 Å². The Morgan fingerprint density at radius 3 is 2.64 bits per heavy atom. The van der Waals surface area contributed by atoms with Gasteiger partial charge in [-0.2, -0.15) is 0 Å². The van der Waals surface area contributed by atoms with Crippen molar-refractivity contribution in [1.82, 2.24) is 9.55 Å². The number of nitrogens with zero attached hydrogens (tertiary/aromatic N) is 2. The number of nitrogens with one attached hydrogen (secondary N) is 1. The number of hydrogen-bond donors (Lipinski definition) is 2. The van der Waals surface area contributed by atoms with Crippen molar-refractivity contribution < 1.29 is 0 Å². The van der Waals surface area contributed by atoms with Crippen LogP contribution in [0.5, 0.6) is 0 Å². The van der Waals surface area contributed by atoms with Gasteiger partial charge in [-0.25, -0.2) is 4.98 Å². The third-order valence-corrected chi connectivity index (χ3v) is 3.83. The van der Waals surface area contributed by atoms with Gasteiger partial charge in [0.05, 0.1) is 11.0 Å². The predicted octanol–water partition coefficient (Wildman–Crippen LogP) is 3.79. The average Bonchev–Trinajstić information content (AvgIpc) is 2.91. The number of nitrogen functional groups attached to an aromatic ring is 1. The van der Waals surface area contributed by atoms with Crippen LogP contribution in [0.1, 0.15) is 25.3 Å². The lowest BCUT2D eigenvalue weighted by atomic mass is 10.2. The summed E-state index contributed by atoms with van der Waals surface area (Å²) in [5.41, 5.74) is 9.40. The Kier molecular flexibility index (Phi) is 3.92. The van der Waals surface area contributed by atoms with Crippen molar-refractivity contribution in [2.24, 2.45) is 5.73 Å². The average molecular weight is 292 g/mol. The summed E-state index contributed by atoms with van der Waals surface area (Å²) in [7, 11) is 0. The molecule has 0 saturated carbocycles. The van der Waals surface area contributed by atoms with Gasteiger partial charge < -0.3 is 10.3 Å². The molecule has 0 spiro atoms. The largest absolute Gasteiger partial charge is 0.384 e. The molecule has 0 aliphatic carbocycles. The smallest absolute Gasteiger partial charge is 0.141 e. The van der Waals surface area contributed by atoms with E-state index in [2.05, 4.69) is 23.6 Å². The molecule has 0 amide bonds. The lowest BCUT2D eigenvalue weighted by molar-refractivity contribution is 0.651. The molecule has 2 aromatic carbocycles. The standard InChI is InChI=1S/C18H20N4/c1-2-3-11-22-16-10-9-14(17(19)20)12-15(16)21-18(22)13-7-5-4-6-8-13/h4-10,12H,2-3,11H2,1H3,(H3,19,20). The number of aromatic nitrogens is 2. The van der Waals surface area contributed by atoms with E-state index in [-0.39, 0.29) is 5.84 Å². The first-order valence-corrected chi connectivity index (χ1v) is 7.61. The number of unbranched alkanes of at least 4 members (excludes halogenated alkanes) is 1. The van der Waals surface area contributed by atoms with Crippen molar-refractivity contribution in [3.05, 3.63) is 54.1 Å². The monoisotopic (exact) mass is 292 g/mol. The fourth-order valence-electron chi connectivity index (χ4n) is 2.65. The zero-order valence-corrected chi connectivity index (χ0v) is 12.7. The second kappa shape index (κ2) is 6.02. The summed E-state index contributed by atoms with van der Waals surface area (Å²) in [6.45, 7) is 3.13. The molecule has 4 heteroatoms.